The van der Waals surface area contributed by atoms with E-state index in [1.54, 1.807) is 50.2 Å². The van der Waals surface area contributed by atoms with Crippen molar-refractivity contribution in [2.24, 2.45) is 0 Å². The molecular formula is C25H17FN6O. The molecule has 0 bridgehead atoms. The maximum Gasteiger partial charge on any atom is 0.137 e. The molecule has 0 spiro atoms. The fourth-order valence-electron chi connectivity index (χ4n) is 4.02. The molecule has 8 heteroatoms. The highest BCUT2D eigenvalue weighted by Crippen LogP contribution is 2.35. The molecular weight excluding hydrogens is 419 g/mol. The lowest BCUT2D eigenvalue weighted by atomic mass is 10.0. The molecule has 5 aromatic heterocycles. The topological polar surface area (TPSA) is 92.4 Å². The van der Waals surface area contributed by atoms with E-state index in [1.807, 2.05) is 24.3 Å². The summed E-state index contributed by atoms with van der Waals surface area (Å²) in [5.74, 6) is 0.369. The van der Waals surface area contributed by atoms with E-state index in [4.69, 9.17) is 4.74 Å². The summed E-state index contributed by atoms with van der Waals surface area (Å²) < 4.78 is 19.8. The van der Waals surface area contributed by atoms with E-state index in [1.165, 1.54) is 6.07 Å². The van der Waals surface area contributed by atoms with Crippen LogP contribution in [-0.4, -0.2) is 37.2 Å². The Hall–Kier alpha value is -4.59. The first kappa shape index (κ1) is 19.1. The van der Waals surface area contributed by atoms with Gasteiger partial charge in [-0.25, -0.2) is 4.39 Å². The second kappa shape index (κ2) is 7.52. The van der Waals surface area contributed by atoms with Crippen molar-refractivity contribution in [3.63, 3.8) is 0 Å². The number of nitrogens with zero attached hydrogens (tertiary/aromatic N) is 4. The number of hydrogen-bond acceptors (Lipinski definition) is 5. The van der Waals surface area contributed by atoms with Gasteiger partial charge in [-0.1, -0.05) is 18.2 Å². The predicted octanol–water partition coefficient (Wildman–Crippen LogP) is 5.38. The van der Waals surface area contributed by atoms with Gasteiger partial charge in [0.2, 0.25) is 0 Å². The number of fused-ring (bicyclic) bond motifs is 2. The van der Waals surface area contributed by atoms with Gasteiger partial charge in [0, 0.05) is 39.9 Å². The predicted molar refractivity (Wildman–Crippen MR) is 124 cm³/mol. The van der Waals surface area contributed by atoms with Crippen molar-refractivity contribution in [2.45, 2.75) is 0 Å². The average molecular weight is 436 g/mol. The maximum atomic E-state index is 14.5. The first-order valence-corrected chi connectivity index (χ1v) is 10.3. The fraction of sp³-hybridized carbons (Fsp3) is 0.0400. The Balaban J connectivity index is 1.50. The molecule has 0 saturated heterocycles. The lowest BCUT2D eigenvalue weighted by Gasteiger charge is -2.04. The number of rotatable bonds is 4. The Kier molecular flexibility index (Phi) is 4.36. The molecule has 0 aliphatic heterocycles. The zero-order valence-electron chi connectivity index (χ0n) is 17.5. The molecule has 2 N–H and O–H groups in total. The number of ether oxygens (including phenoxy) is 1. The number of halogens is 1. The third-order valence-electron chi connectivity index (χ3n) is 5.66. The zero-order chi connectivity index (χ0) is 22.4. The summed E-state index contributed by atoms with van der Waals surface area (Å²) in [5, 5.41) is 9.32. The molecule has 1 aromatic carbocycles. The maximum absolute atomic E-state index is 14.5. The molecule has 0 atom stereocenters. The summed E-state index contributed by atoms with van der Waals surface area (Å²) in [7, 11) is 1.60. The van der Waals surface area contributed by atoms with Gasteiger partial charge in [0.25, 0.3) is 0 Å². The second-order valence-electron chi connectivity index (χ2n) is 7.61. The van der Waals surface area contributed by atoms with Crippen LogP contribution in [0.25, 0.3) is 55.6 Å². The minimum atomic E-state index is -0.289. The summed E-state index contributed by atoms with van der Waals surface area (Å²) in [6.07, 6.45) is 8.55. The van der Waals surface area contributed by atoms with Crippen LogP contribution in [0.15, 0.2) is 73.4 Å². The van der Waals surface area contributed by atoms with E-state index in [0.29, 0.717) is 11.3 Å². The Labute approximate surface area is 187 Å². The monoisotopic (exact) mass is 436 g/mol. The normalized spacial score (nSPS) is 11.3. The van der Waals surface area contributed by atoms with Crippen LogP contribution in [-0.2, 0) is 0 Å². The van der Waals surface area contributed by atoms with Crippen molar-refractivity contribution >= 4 is 21.8 Å². The molecule has 5 heterocycles. The standard InChI is InChI=1S/C25H17FN6O/c1-33-15-6-14(9-27-10-15)21-8-18-24(13-29-21)31-32-25(18)22-7-17-19(11-28-12-23(17)30-22)16-4-2-3-5-20(16)26/h2-13,30H,1H3,(H,31,32). The van der Waals surface area contributed by atoms with Crippen molar-refractivity contribution in [3.8, 4) is 39.5 Å². The highest BCUT2D eigenvalue weighted by Gasteiger charge is 2.16. The number of aromatic amines is 2. The molecule has 0 aliphatic rings. The highest BCUT2D eigenvalue weighted by molar-refractivity contribution is 6.01. The fourth-order valence-corrected chi connectivity index (χ4v) is 4.02. The lowest BCUT2D eigenvalue weighted by molar-refractivity contribution is 0.413. The lowest BCUT2D eigenvalue weighted by Crippen LogP contribution is -1.88. The van der Waals surface area contributed by atoms with Crippen LogP contribution in [0.5, 0.6) is 5.75 Å². The number of pyridine rings is 3. The minimum absolute atomic E-state index is 0.289. The molecule has 0 aliphatic carbocycles. The van der Waals surface area contributed by atoms with Crippen molar-refractivity contribution in [1.82, 2.24) is 30.1 Å². The van der Waals surface area contributed by atoms with Crippen molar-refractivity contribution in [3.05, 3.63) is 79.3 Å². The molecule has 0 radical (unpaired) electrons. The van der Waals surface area contributed by atoms with E-state index in [-0.39, 0.29) is 5.82 Å². The molecule has 0 amide bonds. The Morgan fingerprint density at radius 2 is 1.73 bits per heavy atom. The first-order chi connectivity index (χ1) is 16.2. The van der Waals surface area contributed by atoms with E-state index < -0.39 is 0 Å². The SMILES string of the molecule is COc1cncc(-c2cc3c(-c4cc5c(-c6ccccc6F)cncc5[nH]4)n[nH]c3cn2)c1. The molecule has 0 saturated carbocycles. The Morgan fingerprint density at radius 3 is 2.61 bits per heavy atom. The molecule has 6 aromatic rings. The summed E-state index contributed by atoms with van der Waals surface area (Å²) in [6, 6.07) is 12.5. The van der Waals surface area contributed by atoms with E-state index >= 15 is 0 Å². The smallest absolute Gasteiger partial charge is 0.137 e. The van der Waals surface area contributed by atoms with Crippen LogP contribution in [0.1, 0.15) is 0 Å². The van der Waals surface area contributed by atoms with Crippen LogP contribution in [0.4, 0.5) is 4.39 Å². The van der Waals surface area contributed by atoms with Gasteiger partial charge in [0.1, 0.15) is 17.3 Å². The van der Waals surface area contributed by atoms with Crippen LogP contribution in [0.2, 0.25) is 0 Å². The Morgan fingerprint density at radius 1 is 0.848 bits per heavy atom. The average Bonchev–Trinajstić information content (AvgIpc) is 3.48. The summed E-state index contributed by atoms with van der Waals surface area (Å²) >= 11 is 0. The van der Waals surface area contributed by atoms with Crippen molar-refractivity contribution in [2.75, 3.05) is 7.11 Å². The summed E-state index contributed by atoms with van der Waals surface area (Å²) in [4.78, 5) is 16.4. The van der Waals surface area contributed by atoms with Gasteiger partial charge in [-0.2, -0.15) is 5.10 Å². The Bertz CT molecular complexity index is 1640. The van der Waals surface area contributed by atoms with Gasteiger partial charge >= 0.3 is 0 Å². The van der Waals surface area contributed by atoms with Gasteiger partial charge in [-0.05, 0) is 24.3 Å². The molecule has 6 rings (SSSR count). The van der Waals surface area contributed by atoms with Crippen molar-refractivity contribution < 1.29 is 9.13 Å². The molecule has 0 fully saturated rings. The van der Waals surface area contributed by atoms with Crippen LogP contribution >= 0.6 is 0 Å². The second-order valence-corrected chi connectivity index (χ2v) is 7.61. The highest BCUT2D eigenvalue weighted by atomic mass is 19.1. The van der Waals surface area contributed by atoms with Gasteiger partial charge in [-0.3, -0.25) is 20.1 Å². The van der Waals surface area contributed by atoms with Gasteiger partial charge < -0.3 is 9.72 Å². The van der Waals surface area contributed by atoms with Gasteiger partial charge in [0.05, 0.1) is 48.1 Å². The van der Waals surface area contributed by atoms with Crippen LogP contribution < -0.4 is 4.74 Å². The third-order valence-corrected chi connectivity index (χ3v) is 5.66. The number of aromatic nitrogens is 6. The molecule has 7 nitrogen and oxygen atoms in total. The third kappa shape index (κ3) is 3.20. The minimum Gasteiger partial charge on any atom is -0.495 e. The molecule has 160 valence electrons. The number of benzene rings is 1. The van der Waals surface area contributed by atoms with Gasteiger partial charge in [-0.15, -0.1) is 0 Å². The number of H-pyrrole nitrogens is 2. The molecule has 33 heavy (non-hydrogen) atoms. The van der Waals surface area contributed by atoms with Crippen LogP contribution in [0.3, 0.4) is 0 Å². The zero-order valence-corrected chi connectivity index (χ0v) is 17.5. The van der Waals surface area contributed by atoms with E-state index in [0.717, 1.165) is 50.0 Å². The summed E-state index contributed by atoms with van der Waals surface area (Å²) in [6.45, 7) is 0. The summed E-state index contributed by atoms with van der Waals surface area (Å²) in [5.41, 5.74) is 5.95. The number of hydrogen-bond donors (Lipinski definition) is 2. The number of nitrogens with one attached hydrogen (secondary N) is 2. The number of methoxy groups -OCH3 is 1. The van der Waals surface area contributed by atoms with Crippen molar-refractivity contribution in [1.29, 1.82) is 0 Å². The van der Waals surface area contributed by atoms with E-state index in [9.17, 15) is 4.39 Å². The van der Waals surface area contributed by atoms with Crippen LogP contribution in [0, 0.1) is 5.82 Å². The largest absolute Gasteiger partial charge is 0.495 e. The van der Waals surface area contributed by atoms with Gasteiger partial charge in [0.15, 0.2) is 0 Å². The van der Waals surface area contributed by atoms with E-state index in [2.05, 4.69) is 30.1 Å². The first-order valence-electron chi connectivity index (χ1n) is 10.3. The molecule has 0 unspecified atom stereocenters. The quantitative estimate of drug-likeness (QED) is 0.387.